The number of nitrogens with zero attached hydrogens (tertiary/aromatic N) is 1. The molecule has 21 heavy (non-hydrogen) atoms. The lowest BCUT2D eigenvalue weighted by Crippen LogP contribution is -2.63. The third-order valence-corrected chi connectivity index (χ3v) is 3.12. The van der Waals surface area contributed by atoms with Gasteiger partial charge in [0.05, 0.1) is 27.6 Å². The molecule has 0 aliphatic rings. The normalized spacial score (nSPS) is 17.6. The average Bonchev–Trinajstić information content (AvgIpc) is 2.23. The molecular weight excluding hydrogens is 282 g/mol. The molecule has 8 nitrogen and oxygen atoms in total. The zero-order valence-electron chi connectivity index (χ0n) is 12.7. The number of ketones is 1. The molecule has 8 heteroatoms. The maximum absolute atomic E-state index is 12.2. The maximum atomic E-state index is 12.2. The van der Waals surface area contributed by atoms with Crippen molar-refractivity contribution in [3.8, 4) is 0 Å². The highest BCUT2D eigenvalue weighted by molar-refractivity contribution is 5.91. The Morgan fingerprint density at radius 1 is 1.05 bits per heavy atom. The molecule has 3 atom stereocenters. The van der Waals surface area contributed by atoms with E-state index >= 15 is 0 Å². The molecular formula is C13H24NO7+. The van der Waals surface area contributed by atoms with Gasteiger partial charge in [0.15, 0.2) is 5.78 Å². The van der Waals surface area contributed by atoms with Gasteiger partial charge in [0, 0.05) is 12.8 Å². The molecule has 122 valence electrons. The quantitative estimate of drug-likeness (QED) is 0.326. The van der Waals surface area contributed by atoms with Gasteiger partial charge in [-0.05, 0) is 5.92 Å². The van der Waals surface area contributed by atoms with Gasteiger partial charge in [-0.2, -0.15) is 0 Å². The fraction of sp³-hybridized carbons (Fsp3) is 0.769. The second-order valence-electron chi connectivity index (χ2n) is 6.32. The number of Topliss-reactive ketones (excluding diaryl/α,β-unsaturated/α-hetero) is 1. The summed E-state index contributed by atoms with van der Waals surface area (Å²) in [5.74, 6) is -3.97. The summed E-state index contributed by atoms with van der Waals surface area (Å²) in [4.78, 5) is 33.7. The monoisotopic (exact) mass is 306 g/mol. The number of aliphatic carboxylic acids is 2. The molecule has 0 aliphatic heterocycles. The lowest BCUT2D eigenvalue weighted by atomic mass is 9.85. The first kappa shape index (κ1) is 19.5. The molecule has 0 spiro atoms. The van der Waals surface area contributed by atoms with Gasteiger partial charge in [-0.3, -0.25) is 14.4 Å². The Kier molecular flexibility index (Phi) is 6.47. The van der Waals surface area contributed by atoms with Gasteiger partial charge in [0.25, 0.3) is 0 Å². The highest BCUT2D eigenvalue weighted by Gasteiger charge is 2.51. The molecule has 0 aromatic heterocycles. The van der Waals surface area contributed by atoms with Gasteiger partial charge in [-0.25, -0.2) is 0 Å². The maximum Gasteiger partial charge on any atom is 0.307 e. The molecule has 0 bridgehead atoms. The Bertz CT molecular complexity index is 415. The zero-order chi connectivity index (χ0) is 17.0. The Morgan fingerprint density at radius 3 is 1.86 bits per heavy atom. The fourth-order valence-corrected chi connectivity index (χ4v) is 2.07. The van der Waals surface area contributed by atoms with Gasteiger partial charge in [-0.1, -0.05) is 6.92 Å². The lowest BCUT2D eigenvalue weighted by Gasteiger charge is -2.39. The minimum absolute atomic E-state index is 0.233. The van der Waals surface area contributed by atoms with Crippen molar-refractivity contribution >= 4 is 17.7 Å². The van der Waals surface area contributed by atoms with E-state index in [9.17, 15) is 24.6 Å². The number of hydrogen-bond donors (Lipinski definition) is 4. The van der Waals surface area contributed by atoms with Crippen LogP contribution in [0.3, 0.4) is 0 Å². The van der Waals surface area contributed by atoms with E-state index in [-0.39, 0.29) is 17.3 Å². The summed E-state index contributed by atoms with van der Waals surface area (Å²) < 4.78 is -0.233. The van der Waals surface area contributed by atoms with Crippen LogP contribution in [-0.4, -0.2) is 75.6 Å². The number of aliphatic hydroxyl groups excluding tert-OH is 1. The number of hydrogen-bond acceptors (Lipinski definition) is 5. The highest BCUT2D eigenvalue weighted by atomic mass is 16.4. The zero-order valence-corrected chi connectivity index (χ0v) is 12.7. The number of carbonyl (C=O) groups excluding carboxylic acids is 1. The third kappa shape index (κ3) is 5.78. The SMILES string of the molecule is CC(CC(=O)O)CC(=O)C(O)(CC(=O)O)C(O)[N+](C)(C)C. The van der Waals surface area contributed by atoms with Crippen LogP contribution in [-0.2, 0) is 14.4 Å². The number of carbonyl (C=O) groups is 3. The fourth-order valence-electron chi connectivity index (χ4n) is 2.07. The van der Waals surface area contributed by atoms with E-state index in [4.69, 9.17) is 10.2 Å². The molecule has 0 aliphatic carbocycles. The standard InChI is InChI=1S/C13H23NO7/c1-8(6-10(16)17)5-9(15)13(21,7-11(18)19)12(20)14(2,3)4/h8,12,20-21H,5-7H2,1-4H3,(H-,16,17,18,19)/p+1. The minimum Gasteiger partial charge on any atom is -0.481 e. The van der Waals surface area contributed by atoms with E-state index in [1.165, 1.54) is 28.1 Å². The molecule has 0 saturated carbocycles. The van der Waals surface area contributed by atoms with Crippen molar-refractivity contribution < 1.29 is 39.3 Å². The first-order valence-electron chi connectivity index (χ1n) is 6.49. The van der Waals surface area contributed by atoms with Crippen LogP contribution in [0.1, 0.15) is 26.2 Å². The van der Waals surface area contributed by atoms with E-state index < -0.39 is 41.9 Å². The van der Waals surface area contributed by atoms with Crippen LogP contribution in [0.15, 0.2) is 0 Å². The van der Waals surface area contributed by atoms with Crippen molar-refractivity contribution in [3.63, 3.8) is 0 Å². The number of carboxylic acid groups (broad SMARTS) is 2. The highest BCUT2D eigenvalue weighted by Crippen LogP contribution is 2.26. The van der Waals surface area contributed by atoms with Crippen molar-refractivity contribution in [3.05, 3.63) is 0 Å². The summed E-state index contributed by atoms with van der Waals surface area (Å²) in [7, 11) is 4.52. The molecule has 4 N–H and O–H groups in total. The van der Waals surface area contributed by atoms with Crippen LogP contribution < -0.4 is 0 Å². The average molecular weight is 306 g/mol. The van der Waals surface area contributed by atoms with Crippen molar-refractivity contribution in [2.75, 3.05) is 21.1 Å². The number of rotatable bonds is 9. The summed E-state index contributed by atoms with van der Waals surface area (Å²) in [5, 5.41) is 38.1. The summed E-state index contributed by atoms with van der Waals surface area (Å²) in [6.07, 6.45) is -3.19. The van der Waals surface area contributed by atoms with Gasteiger partial charge in [0.2, 0.25) is 11.8 Å². The van der Waals surface area contributed by atoms with Crippen molar-refractivity contribution in [1.82, 2.24) is 0 Å². The van der Waals surface area contributed by atoms with E-state index in [1.54, 1.807) is 0 Å². The molecule has 0 saturated heterocycles. The van der Waals surface area contributed by atoms with Crippen LogP contribution in [0.4, 0.5) is 0 Å². The number of carboxylic acids is 2. The number of quaternary nitrogens is 1. The predicted octanol–water partition coefficient (Wildman–Crippen LogP) is -0.713. The van der Waals surface area contributed by atoms with E-state index in [0.29, 0.717) is 0 Å². The molecule has 0 radical (unpaired) electrons. The van der Waals surface area contributed by atoms with Gasteiger partial charge in [0.1, 0.15) is 0 Å². The summed E-state index contributed by atoms with van der Waals surface area (Å²) in [5.41, 5.74) is -2.46. The van der Waals surface area contributed by atoms with Crippen LogP contribution in [0.2, 0.25) is 0 Å². The van der Waals surface area contributed by atoms with E-state index in [0.717, 1.165) is 0 Å². The molecule has 0 aromatic rings. The second kappa shape index (κ2) is 6.97. The van der Waals surface area contributed by atoms with Crippen molar-refractivity contribution in [2.45, 2.75) is 38.0 Å². The topological polar surface area (TPSA) is 132 Å². The number of aliphatic hydroxyl groups is 2. The predicted molar refractivity (Wildman–Crippen MR) is 72.3 cm³/mol. The number of likely N-dealkylation sites (N-methyl/N-ethyl adjacent to an activating group) is 1. The summed E-state index contributed by atoms with van der Waals surface area (Å²) in [6, 6.07) is 0. The smallest absolute Gasteiger partial charge is 0.307 e. The van der Waals surface area contributed by atoms with Gasteiger partial charge < -0.3 is 24.9 Å². The Labute approximate surface area is 123 Å². The van der Waals surface area contributed by atoms with Crippen LogP contribution >= 0.6 is 0 Å². The molecule has 0 aromatic carbocycles. The molecule has 0 heterocycles. The summed E-state index contributed by atoms with van der Waals surface area (Å²) >= 11 is 0. The molecule has 0 fully saturated rings. The second-order valence-corrected chi connectivity index (χ2v) is 6.32. The third-order valence-electron chi connectivity index (χ3n) is 3.12. The Hall–Kier alpha value is -1.51. The van der Waals surface area contributed by atoms with Crippen molar-refractivity contribution in [1.29, 1.82) is 0 Å². The van der Waals surface area contributed by atoms with Gasteiger partial charge >= 0.3 is 11.9 Å². The van der Waals surface area contributed by atoms with Crippen LogP contribution in [0, 0.1) is 5.92 Å². The lowest BCUT2D eigenvalue weighted by molar-refractivity contribution is -0.925. The van der Waals surface area contributed by atoms with Crippen LogP contribution in [0.5, 0.6) is 0 Å². The molecule has 3 unspecified atom stereocenters. The van der Waals surface area contributed by atoms with Gasteiger partial charge in [-0.15, -0.1) is 0 Å². The first-order valence-corrected chi connectivity index (χ1v) is 6.49. The minimum atomic E-state index is -2.46. The Morgan fingerprint density at radius 2 is 1.52 bits per heavy atom. The molecule has 0 rings (SSSR count). The molecule has 0 amide bonds. The largest absolute Gasteiger partial charge is 0.481 e. The van der Waals surface area contributed by atoms with Crippen molar-refractivity contribution in [2.24, 2.45) is 5.92 Å². The summed E-state index contributed by atoms with van der Waals surface area (Å²) in [6.45, 7) is 1.51. The van der Waals surface area contributed by atoms with E-state index in [1.807, 2.05) is 0 Å². The van der Waals surface area contributed by atoms with Crippen LogP contribution in [0.25, 0.3) is 0 Å². The first-order chi connectivity index (χ1) is 9.30. The van der Waals surface area contributed by atoms with E-state index in [2.05, 4.69) is 0 Å². The Balaban J connectivity index is 5.27.